The quantitative estimate of drug-likeness (QED) is 0.849. The predicted octanol–water partition coefficient (Wildman–Crippen LogP) is 3.38. The van der Waals surface area contributed by atoms with Gasteiger partial charge in [-0.3, -0.25) is 9.69 Å². The average Bonchev–Trinajstić information content (AvgIpc) is 3.00. The number of carbonyl (C=O) groups is 1. The highest BCUT2D eigenvalue weighted by Gasteiger charge is 2.26. The number of para-hydroxylation sites is 1. The van der Waals surface area contributed by atoms with Crippen LogP contribution in [0, 0.1) is 5.92 Å². The van der Waals surface area contributed by atoms with Gasteiger partial charge in [-0.2, -0.15) is 0 Å². The Morgan fingerprint density at radius 2 is 1.84 bits per heavy atom. The molecule has 0 spiro atoms. The average molecular weight is 338 g/mol. The number of aliphatic hydroxyl groups excluding tert-OH is 1. The molecule has 0 aromatic heterocycles. The van der Waals surface area contributed by atoms with Crippen molar-refractivity contribution in [3.8, 4) is 11.1 Å². The van der Waals surface area contributed by atoms with Gasteiger partial charge in [0.1, 0.15) is 0 Å². The minimum absolute atomic E-state index is 0.0293. The van der Waals surface area contributed by atoms with Gasteiger partial charge in [-0.1, -0.05) is 55.0 Å². The molecule has 1 aliphatic carbocycles. The Bertz CT molecular complexity index is 702. The van der Waals surface area contributed by atoms with Crippen LogP contribution in [-0.2, 0) is 4.79 Å². The molecular weight excluding hydrogens is 312 g/mol. The fourth-order valence-electron chi connectivity index (χ4n) is 3.59. The highest BCUT2D eigenvalue weighted by Crippen LogP contribution is 2.28. The normalized spacial score (nSPS) is 20.0. The smallest absolute Gasteiger partial charge is 0.238 e. The molecule has 0 aliphatic heterocycles. The van der Waals surface area contributed by atoms with Crippen LogP contribution >= 0.6 is 0 Å². The number of hydrogen-bond acceptors (Lipinski definition) is 3. The minimum Gasteiger partial charge on any atom is -0.393 e. The fourth-order valence-corrected chi connectivity index (χ4v) is 3.59. The molecule has 2 N–H and O–H groups in total. The summed E-state index contributed by atoms with van der Waals surface area (Å²) in [6.45, 7) is 1.08. The number of likely N-dealkylation sites (N-methyl/N-ethyl adjacent to an activating group) is 1. The van der Waals surface area contributed by atoms with Gasteiger partial charge < -0.3 is 10.4 Å². The summed E-state index contributed by atoms with van der Waals surface area (Å²) in [6, 6.07) is 17.9. The standard InChI is InChI=1S/C21H26N2O2/c1-23(14-17-10-7-13-20(17)24)15-21(25)22-19-12-6-5-11-18(19)16-8-3-2-4-9-16/h2-6,8-9,11-12,17,20,24H,7,10,13-15H2,1H3,(H,22,25). The van der Waals surface area contributed by atoms with Crippen LogP contribution in [0.4, 0.5) is 5.69 Å². The van der Waals surface area contributed by atoms with Gasteiger partial charge in [0, 0.05) is 17.8 Å². The molecule has 25 heavy (non-hydrogen) atoms. The van der Waals surface area contributed by atoms with Gasteiger partial charge in [0.05, 0.1) is 12.6 Å². The molecule has 0 radical (unpaired) electrons. The van der Waals surface area contributed by atoms with E-state index in [1.165, 1.54) is 0 Å². The second-order valence-electron chi connectivity index (χ2n) is 6.91. The lowest BCUT2D eigenvalue weighted by atomic mass is 10.0. The highest BCUT2D eigenvalue weighted by atomic mass is 16.3. The van der Waals surface area contributed by atoms with Crippen molar-refractivity contribution >= 4 is 11.6 Å². The molecule has 2 aromatic rings. The Morgan fingerprint density at radius 1 is 1.12 bits per heavy atom. The Labute approximate surface area is 149 Å². The molecule has 1 saturated carbocycles. The van der Waals surface area contributed by atoms with Crippen LogP contribution in [0.3, 0.4) is 0 Å². The predicted molar refractivity (Wildman–Crippen MR) is 101 cm³/mol. The molecule has 2 aromatic carbocycles. The number of hydrogen-bond donors (Lipinski definition) is 2. The van der Waals surface area contributed by atoms with E-state index >= 15 is 0 Å². The summed E-state index contributed by atoms with van der Waals surface area (Å²) in [5, 5.41) is 13.0. The SMILES string of the molecule is CN(CC(=O)Nc1ccccc1-c1ccccc1)CC1CCCC1O. The monoisotopic (exact) mass is 338 g/mol. The fraction of sp³-hybridized carbons (Fsp3) is 0.381. The van der Waals surface area contributed by atoms with Crippen LogP contribution < -0.4 is 5.32 Å². The molecular formula is C21H26N2O2. The summed E-state index contributed by atoms with van der Waals surface area (Å²) >= 11 is 0. The van der Waals surface area contributed by atoms with E-state index < -0.39 is 0 Å². The van der Waals surface area contributed by atoms with Gasteiger partial charge in [0.15, 0.2) is 0 Å². The molecule has 1 amide bonds. The van der Waals surface area contributed by atoms with E-state index in [0.717, 1.165) is 42.6 Å². The molecule has 0 saturated heterocycles. The molecule has 2 atom stereocenters. The van der Waals surface area contributed by atoms with Crippen LogP contribution in [0.5, 0.6) is 0 Å². The zero-order valence-corrected chi connectivity index (χ0v) is 14.7. The number of amides is 1. The van der Waals surface area contributed by atoms with Crippen molar-refractivity contribution in [2.75, 3.05) is 25.5 Å². The summed E-state index contributed by atoms with van der Waals surface area (Å²) in [7, 11) is 1.94. The highest BCUT2D eigenvalue weighted by molar-refractivity contribution is 5.96. The molecule has 1 fully saturated rings. The largest absolute Gasteiger partial charge is 0.393 e. The molecule has 4 nitrogen and oxygen atoms in total. The molecule has 0 heterocycles. The molecule has 4 heteroatoms. The van der Waals surface area contributed by atoms with E-state index in [2.05, 4.69) is 5.32 Å². The van der Waals surface area contributed by atoms with Crippen molar-refractivity contribution in [3.05, 3.63) is 54.6 Å². The molecule has 0 bridgehead atoms. The third-order valence-electron chi connectivity index (χ3n) is 4.86. The summed E-state index contributed by atoms with van der Waals surface area (Å²) in [4.78, 5) is 14.4. The zero-order chi connectivity index (χ0) is 17.6. The van der Waals surface area contributed by atoms with Crippen LogP contribution in [0.2, 0.25) is 0 Å². The maximum Gasteiger partial charge on any atom is 0.238 e. The van der Waals surface area contributed by atoms with Crippen molar-refractivity contribution in [3.63, 3.8) is 0 Å². The number of rotatable bonds is 6. The minimum atomic E-state index is -0.218. The molecule has 132 valence electrons. The van der Waals surface area contributed by atoms with Gasteiger partial charge in [-0.25, -0.2) is 0 Å². The zero-order valence-electron chi connectivity index (χ0n) is 14.7. The second-order valence-corrected chi connectivity index (χ2v) is 6.91. The molecule has 1 aliphatic rings. The van der Waals surface area contributed by atoms with Gasteiger partial charge >= 0.3 is 0 Å². The lowest BCUT2D eigenvalue weighted by Gasteiger charge is -2.22. The summed E-state index contributed by atoms with van der Waals surface area (Å²) in [6.07, 6.45) is 2.79. The Kier molecular flexibility index (Phi) is 5.84. The first-order valence-corrected chi connectivity index (χ1v) is 8.94. The Hall–Kier alpha value is -2.17. The molecule has 3 rings (SSSR count). The number of carbonyl (C=O) groups excluding carboxylic acids is 1. The molecule has 2 unspecified atom stereocenters. The van der Waals surface area contributed by atoms with Gasteiger partial charge in [-0.05, 0) is 37.4 Å². The van der Waals surface area contributed by atoms with Crippen molar-refractivity contribution in [2.45, 2.75) is 25.4 Å². The van der Waals surface area contributed by atoms with Crippen LogP contribution in [0.1, 0.15) is 19.3 Å². The van der Waals surface area contributed by atoms with E-state index in [1.807, 2.05) is 66.5 Å². The number of nitrogens with one attached hydrogen (secondary N) is 1. The Morgan fingerprint density at radius 3 is 2.56 bits per heavy atom. The number of anilines is 1. The van der Waals surface area contributed by atoms with Crippen LogP contribution in [0.25, 0.3) is 11.1 Å². The number of nitrogens with zero attached hydrogens (tertiary/aromatic N) is 1. The number of benzene rings is 2. The third-order valence-corrected chi connectivity index (χ3v) is 4.86. The topological polar surface area (TPSA) is 52.6 Å². The van der Waals surface area contributed by atoms with Gasteiger partial charge in [0.2, 0.25) is 5.91 Å². The van der Waals surface area contributed by atoms with Gasteiger partial charge in [0.25, 0.3) is 0 Å². The van der Waals surface area contributed by atoms with Crippen molar-refractivity contribution in [2.24, 2.45) is 5.92 Å². The summed E-state index contributed by atoms with van der Waals surface area (Å²) in [5.41, 5.74) is 2.93. The van der Waals surface area contributed by atoms with E-state index in [4.69, 9.17) is 0 Å². The van der Waals surface area contributed by atoms with E-state index in [0.29, 0.717) is 6.54 Å². The first-order chi connectivity index (χ1) is 12.1. The third kappa shape index (κ3) is 4.68. The van der Waals surface area contributed by atoms with E-state index in [-0.39, 0.29) is 17.9 Å². The first kappa shape index (κ1) is 17.6. The van der Waals surface area contributed by atoms with E-state index in [1.54, 1.807) is 0 Å². The first-order valence-electron chi connectivity index (χ1n) is 8.94. The van der Waals surface area contributed by atoms with Crippen LogP contribution in [-0.4, -0.2) is 42.2 Å². The van der Waals surface area contributed by atoms with E-state index in [9.17, 15) is 9.90 Å². The summed E-state index contributed by atoms with van der Waals surface area (Å²) in [5.74, 6) is 0.257. The van der Waals surface area contributed by atoms with Crippen molar-refractivity contribution in [1.82, 2.24) is 4.90 Å². The number of aliphatic hydroxyl groups is 1. The lowest BCUT2D eigenvalue weighted by Crippen LogP contribution is -2.35. The Balaban J connectivity index is 1.61. The van der Waals surface area contributed by atoms with Crippen molar-refractivity contribution < 1.29 is 9.90 Å². The van der Waals surface area contributed by atoms with Crippen molar-refractivity contribution in [1.29, 1.82) is 0 Å². The second kappa shape index (κ2) is 8.28. The lowest BCUT2D eigenvalue weighted by molar-refractivity contribution is -0.117. The van der Waals surface area contributed by atoms with Crippen LogP contribution in [0.15, 0.2) is 54.6 Å². The maximum atomic E-state index is 12.4. The van der Waals surface area contributed by atoms with Gasteiger partial charge in [-0.15, -0.1) is 0 Å². The maximum absolute atomic E-state index is 12.4. The summed E-state index contributed by atoms with van der Waals surface area (Å²) < 4.78 is 0.